The van der Waals surface area contributed by atoms with Gasteiger partial charge in [0.1, 0.15) is 5.75 Å². The summed E-state index contributed by atoms with van der Waals surface area (Å²) in [5.41, 5.74) is 1.40. The van der Waals surface area contributed by atoms with Crippen LogP contribution in [-0.2, 0) is 11.2 Å². The Balaban J connectivity index is 1.54. The van der Waals surface area contributed by atoms with E-state index >= 15 is 0 Å². The van der Waals surface area contributed by atoms with Crippen LogP contribution in [0.3, 0.4) is 0 Å². The third-order valence-corrected chi connectivity index (χ3v) is 4.32. The van der Waals surface area contributed by atoms with Gasteiger partial charge >= 0.3 is 0 Å². The Labute approximate surface area is 147 Å². The molecule has 1 aromatic heterocycles. The molecular formula is C19H21N3O3. The second-order valence-electron chi connectivity index (χ2n) is 5.90. The van der Waals surface area contributed by atoms with Crippen molar-refractivity contribution in [3.05, 3.63) is 59.9 Å². The third kappa shape index (κ3) is 4.15. The quantitative estimate of drug-likeness (QED) is 0.849. The van der Waals surface area contributed by atoms with E-state index in [0.717, 1.165) is 11.4 Å². The van der Waals surface area contributed by atoms with Crippen molar-refractivity contribution in [2.45, 2.75) is 6.42 Å². The van der Waals surface area contributed by atoms with Crippen molar-refractivity contribution in [2.24, 2.45) is 0 Å². The van der Waals surface area contributed by atoms with Gasteiger partial charge in [0.15, 0.2) is 0 Å². The molecule has 0 saturated carbocycles. The number of aromatic nitrogens is 1. The monoisotopic (exact) mass is 339 g/mol. The van der Waals surface area contributed by atoms with E-state index < -0.39 is 0 Å². The minimum Gasteiger partial charge on any atom is -0.497 e. The van der Waals surface area contributed by atoms with Gasteiger partial charge in [0.2, 0.25) is 5.91 Å². The van der Waals surface area contributed by atoms with Gasteiger partial charge in [-0.25, -0.2) is 0 Å². The van der Waals surface area contributed by atoms with Crippen molar-refractivity contribution in [1.29, 1.82) is 0 Å². The van der Waals surface area contributed by atoms with E-state index in [-0.39, 0.29) is 11.8 Å². The highest BCUT2D eigenvalue weighted by atomic mass is 16.5. The molecule has 25 heavy (non-hydrogen) atoms. The summed E-state index contributed by atoms with van der Waals surface area (Å²) in [6.07, 6.45) is 1.99. The molecule has 2 heterocycles. The van der Waals surface area contributed by atoms with Crippen LogP contribution in [0.1, 0.15) is 16.1 Å². The Kier molecular flexibility index (Phi) is 5.28. The zero-order valence-electron chi connectivity index (χ0n) is 14.2. The van der Waals surface area contributed by atoms with Gasteiger partial charge < -0.3 is 14.5 Å². The summed E-state index contributed by atoms with van der Waals surface area (Å²) in [5, 5.41) is 0. The van der Waals surface area contributed by atoms with Crippen molar-refractivity contribution in [3.8, 4) is 5.75 Å². The minimum atomic E-state index is -0.0144. The number of nitrogens with zero attached hydrogens (tertiary/aromatic N) is 3. The summed E-state index contributed by atoms with van der Waals surface area (Å²) in [6.45, 7) is 2.18. The van der Waals surface area contributed by atoms with Gasteiger partial charge in [0.25, 0.3) is 5.91 Å². The topological polar surface area (TPSA) is 62.7 Å². The molecule has 3 rings (SSSR count). The Morgan fingerprint density at radius 3 is 2.28 bits per heavy atom. The number of hydrogen-bond donors (Lipinski definition) is 0. The number of hydrogen-bond acceptors (Lipinski definition) is 4. The Morgan fingerprint density at radius 1 is 1.00 bits per heavy atom. The molecular weight excluding hydrogens is 318 g/mol. The van der Waals surface area contributed by atoms with Crippen molar-refractivity contribution in [3.63, 3.8) is 0 Å². The molecule has 0 aliphatic carbocycles. The van der Waals surface area contributed by atoms with Crippen LogP contribution in [0.2, 0.25) is 0 Å². The molecule has 0 atom stereocenters. The van der Waals surface area contributed by atoms with Crippen LogP contribution in [0, 0.1) is 0 Å². The van der Waals surface area contributed by atoms with Crippen LogP contribution in [0.5, 0.6) is 5.75 Å². The largest absolute Gasteiger partial charge is 0.497 e. The van der Waals surface area contributed by atoms with Gasteiger partial charge in [-0.1, -0.05) is 6.07 Å². The summed E-state index contributed by atoms with van der Waals surface area (Å²) in [7, 11) is 1.60. The first-order valence-electron chi connectivity index (χ1n) is 8.28. The number of rotatable bonds is 4. The van der Waals surface area contributed by atoms with Gasteiger partial charge in [-0.15, -0.1) is 0 Å². The zero-order chi connectivity index (χ0) is 17.6. The maximum absolute atomic E-state index is 12.5. The summed E-state index contributed by atoms with van der Waals surface area (Å²) in [5.74, 6) is 0.760. The molecule has 2 amide bonds. The molecule has 1 aliphatic heterocycles. The van der Waals surface area contributed by atoms with Crippen molar-refractivity contribution in [1.82, 2.24) is 14.8 Å². The molecule has 1 aromatic carbocycles. The third-order valence-electron chi connectivity index (χ3n) is 4.32. The van der Waals surface area contributed by atoms with Crippen molar-refractivity contribution >= 4 is 11.8 Å². The first kappa shape index (κ1) is 17.0. The number of benzene rings is 1. The SMILES string of the molecule is COc1ccc(C(=O)N2CCN(C(=O)Cc3ccccn3)CC2)cc1. The number of ether oxygens (including phenoxy) is 1. The second kappa shape index (κ2) is 7.79. The molecule has 1 aliphatic rings. The molecule has 0 radical (unpaired) electrons. The van der Waals surface area contributed by atoms with E-state index in [1.165, 1.54) is 0 Å². The fourth-order valence-electron chi connectivity index (χ4n) is 2.84. The van der Waals surface area contributed by atoms with Gasteiger partial charge in [-0.3, -0.25) is 14.6 Å². The number of carbonyl (C=O) groups excluding carboxylic acids is 2. The average molecular weight is 339 g/mol. The second-order valence-corrected chi connectivity index (χ2v) is 5.90. The van der Waals surface area contributed by atoms with Crippen molar-refractivity contribution < 1.29 is 14.3 Å². The van der Waals surface area contributed by atoms with Gasteiger partial charge in [0.05, 0.1) is 13.5 Å². The van der Waals surface area contributed by atoms with Crippen LogP contribution in [0.4, 0.5) is 0 Å². The van der Waals surface area contributed by atoms with E-state index in [1.807, 2.05) is 18.2 Å². The molecule has 0 bridgehead atoms. The number of amides is 2. The molecule has 0 N–H and O–H groups in total. The predicted octanol–water partition coefficient (Wildman–Crippen LogP) is 1.62. The van der Waals surface area contributed by atoms with Crippen LogP contribution in [0.25, 0.3) is 0 Å². The zero-order valence-corrected chi connectivity index (χ0v) is 14.2. The maximum Gasteiger partial charge on any atom is 0.253 e. The smallest absolute Gasteiger partial charge is 0.253 e. The number of pyridine rings is 1. The van der Waals surface area contributed by atoms with E-state index in [2.05, 4.69) is 4.98 Å². The maximum atomic E-state index is 12.5. The van der Waals surface area contributed by atoms with E-state index in [9.17, 15) is 9.59 Å². The predicted molar refractivity (Wildman–Crippen MR) is 93.4 cm³/mol. The number of carbonyl (C=O) groups is 2. The van der Waals surface area contributed by atoms with Gasteiger partial charge in [0, 0.05) is 43.6 Å². The lowest BCUT2D eigenvalue weighted by Crippen LogP contribution is -2.51. The Morgan fingerprint density at radius 2 is 1.68 bits per heavy atom. The molecule has 2 aromatic rings. The summed E-state index contributed by atoms with van der Waals surface area (Å²) in [4.78, 5) is 32.7. The van der Waals surface area contributed by atoms with Gasteiger partial charge in [-0.2, -0.15) is 0 Å². The highest BCUT2D eigenvalue weighted by Gasteiger charge is 2.25. The lowest BCUT2D eigenvalue weighted by molar-refractivity contribution is -0.132. The highest BCUT2D eigenvalue weighted by molar-refractivity contribution is 5.94. The molecule has 6 heteroatoms. The van der Waals surface area contributed by atoms with E-state index in [4.69, 9.17) is 4.74 Å². The first-order valence-corrected chi connectivity index (χ1v) is 8.28. The molecule has 0 spiro atoms. The Hall–Kier alpha value is -2.89. The number of piperazine rings is 1. The number of methoxy groups -OCH3 is 1. The fraction of sp³-hybridized carbons (Fsp3) is 0.316. The molecule has 1 saturated heterocycles. The van der Waals surface area contributed by atoms with Crippen molar-refractivity contribution in [2.75, 3.05) is 33.3 Å². The van der Waals surface area contributed by atoms with E-state index in [0.29, 0.717) is 38.2 Å². The highest BCUT2D eigenvalue weighted by Crippen LogP contribution is 2.14. The average Bonchev–Trinajstić information content (AvgIpc) is 2.68. The van der Waals surface area contributed by atoms with Crippen LogP contribution in [0.15, 0.2) is 48.7 Å². The molecule has 0 unspecified atom stereocenters. The minimum absolute atomic E-state index is 0.0144. The first-order chi connectivity index (χ1) is 12.2. The molecule has 130 valence electrons. The Bertz CT molecular complexity index is 723. The normalized spacial score (nSPS) is 14.3. The summed E-state index contributed by atoms with van der Waals surface area (Å²) < 4.78 is 5.11. The van der Waals surface area contributed by atoms with Gasteiger partial charge in [-0.05, 0) is 36.4 Å². The standard InChI is InChI=1S/C19H21N3O3/c1-25-17-7-5-15(6-8-17)19(24)22-12-10-21(11-13-22)18(23)14-16-4-2-3-9-20-16/h2-9H,10-14H2,1H3. The molecule has 1 fully saturated rings. The van der Waals surface area contributed by atoms with Crippen LogP contribution < -0.4 is 4.74 Å². The lowest BCUT2D eigenvalue weighted by atomic mass is 10.1. The summed E-state index contributed by atoms with van der Waals surface area (Å²) in [6, 6.07) is 12.6. The lowest BCUT2D eigenvalue weighted by Gasteiger charge is -2.34. The van der Waals surface area contributed by atoms with E-state index in [1.54, 1.807) is 47.4 Å². The van der Waals surface area contributed by atoms with Crippen LogP contribution in [-0.4, -0.2) is 59.9 Å². The van der Waals surface area contributed by atoms with Crippen LogP contribution >= 0.6 is 0 Å². The summed E-state index contributed by atoms with van der Waals surface area (Å²) >= 11 is 0. The fourth-order valence-corrected chi connectivity index (χ4v) is 2.84. The molecule has 6 nitrogen and oxygen atoms in total.